The number of carbonyl (C=O) groups is 1. The molecule has 1 atom stereocenters. The average molecular weight is 404 g/mol. The minimum Gasteiger partial charge on any atom is -0.492 e. The van der Waals surface area contributed by atoms with Crippen molar-refractivity contribution in [1.29, 1.82) is 0 Å². The Balaban J connectivity index is 1.79. The van der Waals surface area contributed by atoms with E-state index in [2.05, 4.69) is 5.32 Å². The first kappa shape index (κ1) is 21.0. The molecular weight excluding hydrogens is 378 g/mol. The largest absolute Gasteiger partial charge is 0.492 e. The van der Waals surface area contributed by atoms with E-state index in [1.54, 1.807) is 6.07 Å². The first-order chi connectivity index (χ1) is 12.2. The lowest BCUT2D eigenvalue weighted by atomic mass is 9.99. The summed E-state index contributed by atoms with van der Waals surface area (Å²) in [7, 11) is -0.498. The number of ether oxygens (including phenoxy) is 1. The molecule has 7 nitrogen and oxygen atoms in total. The van der Waals surface area contributed by atoms with E-state index in [1.807, 2.05) is 19.1 Å². The van der Waals surface area contributed by atoms with E-state index in [9.17, 15) is 13.2 Å². The lowest BCUT2D eigenvalue weighted by Gasteiger charge is -2.32. The van der Waals surface area contributed by atoms with Crippen molar-refractivity contribution in [2.75, 3.05) is 40.3 Å². The molecule has 1 aromatic carbocycles. The first-order valence-corrected chi connectivity index (χ1v) is 10.3. The van der Waals surface area contributed by atoms with Crippen LogP contribution in [0.15, 0.2) is 18.2 Å². The van der Waals surface area contributed by atoms with Crippen LogP contribution in [0.2, 0.25) is 5.02 Å². The van der Waals surface area contributed by atoms with Crippen molar-refractivity contribution < 1.29 is 17.9 Å². The summed E-state index contributed by atoms with van der Waals surface area (Å²) in [6, 6.07) is 5.44. The maximum Gasteiger partial charge on any atom is 0.281 e. The van der Waals surface area contributed by atoms with Crippen LogP contribution in [0.5, 0.6) is 5.75 Å². The fourth-order valence-corrected chi connectivity index (χ4v) is 4.11. The lowest BCUT2D eigenvalue weighted by molar-refractivity contribution is -0.126. The van der Waals surface area contributed by atoms with Gasteiger partial charge in [-0.25, -0.2) is 0 Å². The molecule has 1 saturated heterocycles. The number of nitrogens with one attached hydrogen (secondary N) is 1. The topological polar surface area (TPSA) is 79.0 Å². The highest BCUT2D eigenvalue weighted by atomic mass is 35.5. The summed E-state index contributed by atoms with van der Waals surface area (Å²) in [6.07, 6.45) is 1.35. The number of piperidine rings is 1. The number of aryl methyl sites for hydroxylation is 1. The predicted octanol–water partition coefficient (Wildman–Crippen LogP) is 1.66. The third-order valence-electron chi connectivity index (χ3n) is 4.36. The van der Waals surface area contributed by atoms with Gasteiger partial charge in [-0.05, 0) is 37.5 Å². The Hall–Kier alpha value is -1.35. The Kier molecular flexibility index (Phi) is 7.28. The zero-order valence-corrected chi connectivity index (χ0v) is 16.9. The van der Waals surface area contributed by atoms with Gasteiger partial charge in [-0.15, -0.1) is 0 Å². The van der Waals surface area contributed by atoms with Gasteiger partial charge in [0, 0.05) is 32.2 Å². The van der Waals surface area contributed by atoms with Crippen LogP contribution < -0.4 is 10.1 Å². The molecule has 0 spiro atoms. The lowest BCUT2D eigenvalue weighted by Crippen LogP contribution is -2.49. The maximum absolute atomic E-state index is 12.3. The van der Waals surface area contributed by atoms with Gasteiger partial charge in [-0.3, -0.25) is 4.79 Å². The number of hydrogen-bond acceptors (Lipinski definition) is 4. The third-order valence-corrected chi connectivity index (χ3v) is 6.67. The quantitative estimate of drug-likeness (QED) is 0.702. The van der Waals surface area contributed by atoms with Crippen LogP contribution in [0.25, 0.3) is 0 Å². The second kappa shape index (κ2) is 9.03. The van der Waals surface area contributed by atoms with E-state index < -0.39 is 10.2 Å². The summed E-state index contributed by atoms with van der Waals surface area (Å²) in [6.45, 7) is 3.23. The van der Waals surface area contributed by atoms with Gasteiger partial charge in [0.25, 0.3) is 10.2 Å². The van der Waals surface area contributed by atoms with Gasteiger partial charge in [0.1, 0.15) is 12.4 Å². The van der Waals surface area contributed by atoms with Crippen molar-refractivity contribution in [3.63, 3.8) is 0 Å². The van der Waals surface area contributed by atoms with Crippen LogP contribution in [0.1, 0.15) is 18.4 Å². The maximum atomic E-state index is 12.3. The molecule has 2 rings (SSSR count). The van der Waals surface area contributed by atoms with E-state index >= 15 is 0 Å². The molecule has 1 aliphatic heterocycles. The highest BCUT2D eigenvalue weighted by molar-refractivity contribution is 7.86. The number of hydrogen-bond donors (Lipinski definition) is 1. The van der Waals surface area contributed by atoms with Gasteiger partial charge in [0.15, 0.2) is 0 Å². The van der Waals surface area contributed by atoms with Gasteiger partial charge in [0.2, 0.25) is 5.91 Å². The second-order valence-corrected chi connectivity index (χ2v) is 9.09. The Bertz CT molecular complexity index is 740. The smallest absolute Gasteiger partial charge is 0.281 e. The molecule has 0 aromatic heterocycles. The third kappa shape index (κ3) is 5.33. The van der Waals surface area contributed by atoms with E-state index in [-0.39, 0.29) is 18.4 Å². The summed E-state index contributed by atoms with van der Waals surface area (Å²) in [5.41, 5.74) is 0.974. The molecule has 146 valence electrons. The van der Waals surface area contributed by atoms with Crippen molar-refractivity contribution in [3.05, 3.63) is 28.8 Å². The summed E-state index contributed by atoms with van der Waals surface area (Å²) in [4.78, 5) is 12.3. The molecule has 0 aliphatic carbocycles. The van der Waals surface area contributed by atoms with Gasteiger partial charge in [-0.1, -0.05) is 17.7 Å². The van der Waals surface area contributed by atoms with Crippen LogP contribution in [0.4, 0.5) is 0 Å². The normalized spacial score (nSPS) is 18.7. The molecule has 26 heavy (non-hydrogen) atoms. The van der Waals surface area contributed by atoms with E-state index in [1.165, 1.54) is 22.7 Å². The number of amides is 1. The van der Waals surface area contributed by atoms with Gasteiger partial charge >= 0.3 is 0 Å². The molecule has 9 heteroatoms. The Morgan fingerprint density at radius 3 is 2.81 bits per heavy atom. The molecule has 0 saturated carbocycles. The zero-order chi connectivity index (χ0) is 19.3. The van der Waals surface area contributed by atoms with Crippen molar-refractivity contribution in [2.24, 2.45) is 5.92 Å². The van der Waals surface area contributed by atoms with E-state index in [0.29, 0.717) is 43.3 Å². The van der Waals surface area contributed by atoms with Crippen LogP contribution in [0, 0.1) is 12.8 Å². The molecule has 1 fully saturated rings. The first-order valence-electron chi connectivity index (χ1n) is 8.56. The van der Waals surface area contributed by atoms with E-state index in [4.69, 9.17) is 16.3 Å². The molecule has 1 unspecified atom stereocenters. The Labute approximate surface area is 160 Å². The number of halogens is 1. The van der Waals surface area contributed by atoms with Crippen molar-refractivity contribution in [1.82, 2.24) is 13.9 Å². The monoisotopic (exact) mass is 403 g/mol. The molecule has 1 heterocycles. The molecule has 1 aromatic rings. The van der Waals surface area contributed by atoms with Gasteiger partial charge < -0.3 is 10.1 Å². The fourth-order valence-electron chi connectivity index (χ4n) is 2.75. The molecule has 1 N–H and O–H groups in total. The molecule has 1 aliphatic rings. The van der Waals surface area contributed by atoms with Gasteiger partial charge in [0.05, 0.1) is 12.5 Å². The molecule has 0 bridgehead atoms. The Morgan fingerprint density at radius 1 is 1.42 bits per heavy atom. The van der Waals surface area contributed by atoms with Crippen molar-refractivity contribution in [2.45, 2.75) is 19.8 Å². The minimum absolute atomic E-state index is 0.144. The highest BCUT2D eigenvalue weighted by Gasteiger charge is 2.33. The second-order valence-electron chi connectivity index (χ2n) is 6.54. The summed E-state index contributed by atoms with van der Waals surface area (Å²) < 4.78 is 32.5. The fraction of sp³-hybridized carbons (Fsp3) is 0.588. The molecular formula is C17H26ClN3O4S. The number of nitrogens with zero attached hydrogens (tertiary/aromatic N) is 2. The SMILES string of the molecule is Cc1ccc(OCCNC(=O)C2CCCN(S(=O)(=O)N(C)C)C2)cc1Cl. The standard InChI is InChI=1S/C17H26ClN3O4S/c1-13-6-7-15(11-16(13)18)25-10-8-19-17(22)14-5-4-9-21(12-14)26(23,24)20(2)3/h6-7,11,14H,4-5,8-10,12H2,1-3H3,(H,19,22). The molecule has 0 radical (unpaired) electrons. The van der Waals surface area contributed by atoms with Crippen LogP contribution in [0.3, 0.4) is 0 Å². The van der Waals surface area contributed by atoms with Crippen LogP contribution in [-0.2, 0) is 15.0 Å². The number of carbonyl (C=O) groups excluding carboxylic acids is 1. The zero-order valence-electron chi connectivity index (χ0n) is 15.4. The molecule has 1 amide bonds. The van der Waals surface area contributed by atoms with Crippen LogP contribution >= 0.6 is 11.6 Å². The summed E-state index contributed by atoms with van der Waals surface area (Å²) in [5, 5.41) is 3.45. The van der Waals surface area contributed by atoms with Gasteiger partial charge in [-0.2, -0.15) is 17.0 Å². The van der Waals surface area contributed by atoms with Crippen molar-refractivity contribution in [3.8, 4) is 5.75 Å². The average Bonchev–Trinajstić information content (AvgIpc) is 2.61. The minimum atomic E-state index is -3.49. The number of benzene rings is 1. The van der Waals surface area contributed by atoms with Crippen LogP contribution in [-0.4, -0.2) is 63.3 Å². The predicted molar refractivity (Wildman–Crippen MR) is 102 cm³/mol. The highest BCUT2D eigenvalue weighted by Crippen LogP contribution is 2.22. The summed E-state index contributed by atoms with van der Waals surface area (Å²) >= 11 is 6.04. The Morgan fingerprint density at radius 2 is 2.15 bits per heavy atom. The van der Waals surface area contributed by atoms with Crippen molar-refractivity contribution >= 4 is 27.7 Å². The summed E-state index contributed by atoms with van der Waals surface area (Å²) in [5.74, 6) is 0.164. The number of rotatable bonds is 7. The van der Waals surface area contributed by atoms with E-state index in [0.717, 1.165) is 5.56 Å².